The molecule has 0 aliphatic carbocycles. The van der Waals surface area contributed by atoms with E-state index in [2.05, 4.69) is 20.7 Å². The summed E-state index contributed by atoms with van der Waals surface area (Å²) in [5, 5.41) is 10.8. The van der Waals surface area contributed by atoms with Gasteiger partial charge in [0.25, 0.3) is 0 Å². The van der Waals surface area contributed by atoms with E-state index in [9.17, 15) is 0 Å². The Morgan fingerprint density at radius 2 is 2.31 bits per heavy atom. The summed E-state index contributed by atoms with van der Waals surface area (Å²) in [6, 6.07) is 3.93. The summed E-state index contributed by atoms with van der Waals surface area (Å²) in [6.07, 6.45) is 3.64. The molecule has 2 N–H and O–H groups in total. The van der Waals surface area contributed by atoms with Gasteiger partial charge < -0.3 is 10.6 Å². The third-order valence-electron chi connectivity index (χ3n) is 2.53. The summed E-state index contributed by atoms with van der Waals surface area (Å²) in [5.41, 5.74) is 2.17. The van der Waals surface area contributed by atoms with Crippen molar-refractivity contribution in [3.63, 3.8) is 0 Å². The van der Waals surface area contributed by atoms with Gasteiger partial charge >= 0.3 is 0 Å². The number of hydrogen-bond donors (Lipinski definition) is 2. The maximum absolute atomic E-state index is 4.28. The molecular formula is C11H15N5. The SMILES string of the molecule is C.Cn1ncc2c1Nc1ncccc1NC2. The van der Waals surface area contributed by atoms with Crippen LogP contribution in [0.3, 0.4) is 0 Å². The van der Waals surface area contributed by atoms with Crippen molar-refractivity contribution >= 4 is 17.3 Å². The van der Waals surface area contributed by atoms with Crippen LogP contribution in [-0.4, -0.2) is 14.8 Å². The first kappa shape index (κ1) is 10.5. The molecule has 0 amide bonds. The van der Waals surface area contributed by atoms with E-state index in [0.717, 1.165) is 29.4 Å². The first-order valence-electron chi connectivity index (χ1n) is 4.81. The maximum Gasteiger partial charge on any atom is 0.154 e. The summed E-state index contributed by atoms with van der Waals surface area (Å²) in [6.45, 7) is 0.773. The molecular weight excluding hydrogens is 202 g/mol. The van der Waals surface area contributed by atoms with Gasteiger partial charge in [-0.2, -0.15) is 5.10 Å². The van der Waals surface area contributed by atoms with Crippen LogP contribution in [0.2, 0.25) is 0 Å². The van der Waals surface area contributed by atoms with Crippen LogP contribution in [0.15, 0.2) is 24.5 Å². The van der Waals surface area contributed by atoms with E-state index in [1.807, 2.05) is 30.1 Å². The highest BCUT2D eigenvalue weighted by Crippen LogP contribution is 2.28. The van der Waals surface area contributed by atoms with Gasteiger partial charge in [0.1, 0.15) is 5.82 Å². The van der Waals surface area contributed by atoms with E-state index in [1.165, 1.54) is 0 Å². The van der Waals surface area contributed by atoms with Gasteiger partial charge in [-0.15, -0.1) is 0 Å². The lowest BCUT2D eigenvalue weighted by molar-refractivity contribution is 0.776. The quantitative estimate of drug-likeness (QED) is 0.709. The first-order chi connectivity index (χ1) is 7.34. The Morgan fingerprint density at radius 1 is 1.44 bits per heavy atom. The summed E-state index contributed by atoms with van der Waals surface area (Å²) >= 11 is 0. The molecule has 3 heterocycles. The molecule has 5 heteroatoms. The zero-order chi connectivity index (χ0) is 10.3. The molecule has 0 bridgehead atoms. The van der Waals surface area contributed by atoms with Crippen molar-refractivity contribution in [2.45, 2.75) is 14.0 Å². The van der Waals surface area contributed by atoms with Crippen molar-refractivity contribution in [2.75, 3.05) is 10.6 Å². The van der Waals surface area contributed by atoms with E-state index < -0.39 is 0 Å². The number of aryl methyl sites for hydroxylation is 1. The van der Waals surface area contributed by atoms with E-state index >= 15 is 0 Å². The summed E-state index contributed by atoms with van der Waals surface area (Å²) < 4.78 is 1.82. The Bertz CT molecular complexity index is 503. The molecule has 0 aromatic carbocycles. The van der Waals surface area contributed by atoms with E-state index in [4.69, 9.17) is 0 Å². The van der Waals surface area contributed by atoms with E-state index in [1.54, 1.807) is 6.20 Å². The Morgan fingerprint density at radius 3 is 3.19 bits per heavy atom. The molecule has 5 nitrogen and oxygen atoms in total. The smallest absolute Gasteiger partial charge is 0.154 e. The second-order valence-electron chi connectivity index (χ2n) is 3.52. The van der Waals surface area contributed by atoms with Crippen molar-refractivity contribution < 1.29 is 0 Å². The fourth-order valence-corrected chi connectivity index (χ4v) is 1.72. The molecule has 16 heavy (non-hydrogen) atoms. The van der Waals surface area contributed by atoms with Crippen LogP contribution in [0, 0.1) is 0 Å². The van der Waals surface area contributed by atoms with E-state index in [0.29, 0.717) is 0 Å². The van der Waals surface area contributed by atoms with Gasteiger partial charge in [0.05, 0.1) is 11.9 Å². The maximum atomic E-state index is 4.28. The molecule has 2 aromatic rings. The van der Waals surface area contributed by atoms with Gasteiger partial charge in [-0.3, -0.25) is 4.68 Å². The zero-order valence-electron chi connectivity index (χ0n) is 8.36. The number of hydrogen-bond acceptors (Lipinski definition) is 4. The average molecular weight is 217 g/mol. The van der Waals surface area contributed by atoms with Gasteiger partial charge in [0, 0.05) is 25.4 Å². The normalized spacial score (nSPS) is 12.3. The molecule has 0 fully saturated rings. The fourth-order valence-electron chi connectivity index (χ4n) is 1.72. The molecule has 0 saturated carbocycles. The zero-order valence-corrected chi connectivity index (χ0v) is 8.36. The Labute approximate surface area is 94.5 Å². The number of nitrogens with one attached hydrogen (secondary N) is 2. The van der Waals surface area contributed by atoms with Crippen molar-refractivity contribution in [2.24, 2.45) is 7.05 Å². The highest BCUT2D eigenvalue weighted by molar-refractivity contribution is 5.72. The molecule has 0 spiro atoms. The Kier molecular flexibility index (Phi) is 2.52. The van der Waals surface area contributed by atoms with Gasteiger partial charge in [0.15, 0.2) is 5.82 Å². The number of anilines is 3. The topological polar surface area (TPSA) is 54.8 Å². The van der Waals surface area contributed by atoms with Crippen LogP contribution in [0.5, 0.6) is 0 Å². The van der Waals surface area contributed by atoms with Gasteiger partial charge in [-0.05, 0) is 12.1 Å². The number of fused-ring (bicyclic) bond motifs is 2. The Hall–Kier alpha value is -2.04. The van der Waals surface area contributed by atoms with Gasteiger partial charge in [-0.1, -0.05) is 7.43 Å². The molecule has 0 saturated heterocycles. The van der Waals surface area contributed by atoms with Crippen LogP contribution in [0.4, 0.5) is 17.3 Å². The number of aromatic nitrogens is 3. The van der Waals surface area contributed by atoms with Crippen LogP contribution in [0.1, 0.15) is 13.0 Å². The number of nitrogens with zero attached hydrogens (tertiary/aromatic N) is 3. The summed E-state index contributed by atoms with van der Waals surface area (Å²) in [7, 11) is 1.92. The van der Waals surface area contributed by atoms with Crippen LogP contribution in [0.25, 0.3) is 0 Å². The van der Waals surface area contributed by atoms with Crippen molar-refractivity contribution in [3.05, 3.63) is 30.1 Å². The highest BCUT2D eigenvalue weighted by Gasteiger charge is 2.15. The van der Waals surface area contributed by atoms with Crippen LogP contribution >= 0.6 is 0 Å². The predicted molar refractivity (Wildman–Crippen MR) is 64.8 cm³/mol. The third-order valence-corrected chi connectivity index (χ3v) is 2.53. The van der Waals surface area contributed by atoms with Crippen molar-refractivity contribution in [1.29, 1.82) is 0 Å². The first-order valence-corrected chi connectivity index (χ1v) is 4.81. The third kappa shape index (κ3) is 1.50. The minimum atomic E-state index is 0. The van der Waals surface area contributed by atoms with Crippen molar-refractivity contribution in [3.8, 4) is 0 Å². The predicted octanol–water partition coefficient (Wildman–Crippen LogP) is 2.12. The minimum Gasteiger partial charge on any atom is -0.378 e. The molecule has 84 valence electrons. The standard InChI is InChI=1S/C10H11N5.CH4/c1-15-10-7(6-13-15)5-12-8-3-2-4-11-9(8)14-10;/h2-4,6,12H,5H2,1H3,(H,11,14);1H4. The minimum absolute atomic E-state index is 0. The molecule has 1 aliphatic heterocycles. The Balaban J connectivity index is 0.000000963. The molecule has 3 rings (SSSR count). The van der Waals surface area contributed by atoms with Crippen LogP contribution < -0.4 is 10.6 Å². The lowest BCUT2D eigenvalue weighted by atomic mass is 10.3. The largest absolute Gasteiger partial charge is 0.378 e. The number of pyridine rings is 1. The van der Waals surface area contributed by atoms with Gasteiger partial charge in [-0.25, -0.2) is 4.98 Å². The summed E-state index contributed by atoms with van der Waals surface area (Å²) in [5.74, 6) is 1.85. The van der Waals surface area contributed by atoms with E-state index in [-0.39, 0.29) is 7.43 Å². The second kappa shape index (κ2) is 3.84. The number of rotatable bonds is 0. The monoisotopic (exact) mass is 217 g/mol. The molecule has 0 atom stereocenters. The fraction of sp³-hybridized carbons (Fsp3) is 0.273. The van der Waals surface area contributed by atoms with Crippen LogP contribution in [-0.2, 0) is 13.6 Å². The lowest BCUT2D eigenvalue weighted by Crippen LogP contribution is -2.01. The highest BCUT2D eigenvalue weighted by atomic mass is 15.3. The molecule has 0 unspecified atom stereocenters. The molecule has 2 aromatic heterocycles. The second-order valence-corrected chi connectivity index (χ2v) is 3.52. The van der Waals surface area contributed by atoms with Crippen molar-refractivity contribution in [1.82, 2.24) is 14.8 Å². The molecule has 0 radical (unpaired) electrons. The van der Waals surface area contributed by atoms with Gasteiger partial charge in [0.2, 0.25) is 0 Å². The molecule has 1 aliphatic rings. The summed E-state index contributed by atoms with van der Waals surface area (Å²) in [4.78, 5) is 4.28. The lowest BCUT2D eigenvalue weighted by Gasteiger charge is -2.07. The average Bonchev–Trinajstić information content (AvgIpc) is 2.51.